The second-order valence-corrected chi connectivity index (χ2v) is 9.16. The third-order valence-corrected chi connectivity index (χ3v) is 7.61. The van der Waals surface area contributed by atoms with Gasteiger partial charge in [0.25, 0.3) is 0 Å². The first kappa shape index (κ1) is 17.9. The number of carbonyl (C=O) groups excluding carboxylic acids is 2. The predicted molar refractivity (Wildman–Crippen MR) is 91.8 cm³/mol. The van der Waals surface area contributed by atoms with E-state index in [1.165, 1.54) is 0 Å². The van der Waals surface area contributed by atoms with Gasteiger partial charge in [-0.1, -0.05) is 26.8 Å². The van der Waals surface area contributed by atoms with Gasteiger partial charge in [-0.25, -0.2) is 4.79 Å². The van der Waals surface area contributed by atoms with Crippen molar-refractivity contribution < 1.29 is 29.6 Å². The highest BCUT2D eigenvalue weighted by Gasteiger charge is 2.70. The van der Waals surface area contributed by atoms with E-state index in [1.807, 2.05) is 26.8 Å². The Hall–Kier alpha value is -1.50. The summed E-state index contributed by atoms with van der Waals surface area (Å²) in [5.41, 5.74) is -2.56. The van der Waals surface area contributed by atoms with Crippen molar-refractivity contribution in [2.24, 2.45) is 22.7 Å². The summed E-state index contributed by atoms with van der Waals surface area (Å²) in [5.74, 6) is -1.54. The Morgan fingerprint density at radius 1 is 1.12 bits per heavy atom. The Morgan fingerprint density at radius 2 is 1.77 bits per heavy atom. The van der Waals surface area contributed by atoms with E-state index in [0.29, 0.717) is 5.57 Å². The van der Waals surface area contributed by atoms with Crippen molar-refractivity contribution in [3.05, 3.63) is 23.3 Å². The van der Waals surface area contributed by atoms with Crippen molar-refractivity contribution in [3.63, 3.8) is 0 Å². The molecule has 1 aliphatic heterocycles. The molecule has 0 saturated heterocycles. The molecule has 0 unspecified atom stereocenters. The molecule has 6 heteroatoms. The zero-order chi connectivity index (χ0) is 19.2. The zero-order valence-electron chi connectivity index (χ0n) is 15.5. The molecule has 1 heterocycles. The minimum absolute atomic E-state index is 0.113. The SMILES string of the molecule is CC1=C2[C@@H](C[C@H]3[C@]4(C)C(=O)C=CC(C)(C)[C@H]4C[C@H](O)[C@@]3(O)[C@H]2O)OC1=O. The lowest BCUT2D eigenvalue weighted by Crippen LogP contribution is -2.73. The monoisotopic (exact) mass is 362 g/mol. The van der Waals surface area contributed by atoms with Crippen molar-refractivity contribution in [2.75, 3.05) is 0 Å². The quantitative estimate of drug-likeness (QED) is 0.553. The summed E-state index contributed by atoms with van der Waals surface area (Å²) < 4.78 is 5.39. The van der Waals surface area contributed by atoms with Gasteiger partial charge < -0.3 is 20.1 Å². The number of allylic oxidation sites excluding steroid dienone is 2. The molecule has 0 aromatic carbocycles. The lowest BCUT2D eigenvalue weighted by Gasteiger charge is -2.63. The number of esters is 1. The van der Waals surface area contributed by atoms with Gasteiger partial charge in [0, 0.05) is 22.5 Å². The minimum Gasteiger partial charge on any atom is -0.454 e. The van der Waals surface area contributed by atoms with Gasteiger partial charge in [0.05, 0.1) is 6.10 Å². The fourth-order valence-electron chi connectivity index (χ4n) is 6.08. The van der Waals surface area contributed by atoms with E-state index < -0.39 is 41.2 Å². The maximum atomic E-state index is 13.0. The van der Waals surface area contributed by atoms with Crippen LogP contribution in [0.5, 0.6) is 0 Å². The highest BCUT2D eigenvalue weighted by molar-refractivity contribution is 5.97. The first-order valence-electron chi connectivity index (χ1n) is 9.19. The van der Waals surface area contributed by atoms with Gasteiger partial charge in [0.2, 0.25) is 0 Å². The van der Waals surface area contributed by atoms with E-state index in [0.717, 1.165) is 0 Å². The zero-order valence-corrected chi connectivity index (χ0v) is 15.5. The normalized spacial score (nSPS) is 49.4. The fraction of sp³-hybridized carbons (Fsp3) is 0.700. The Kier molecular flexibility index (Phi) is 3.48. The van der Waals surface area contributed by atoms with Gasteiger partial charge in [0.15, 0.2) is 5.78 Å². The average molecular weight is 362 g/mol. The van der Waals surface area contributed by atoms with Gasteiger partial charge in [-0.15, -0.1) is 0 Å². The molecular weight excluding hydrogens is 336 g/mol. The van der Waals surface area contributed by atoms with Gasteiger partial charge in [0.1, 0.15) is 17.8 Å². The van der Waals surface area contributed by atoms with Gasteiger partial charge >= 0.3 is 5.97 Å². The maximum Gasteiger partial charge on any atom is 0.334 e. The molecule has 4 aliphatic rings. The maximum absolute atomic E-state index is 13.0. The van der Waals surface area contributed by atoms with Crippen molar-refractivity contribution in [1.82, 2.24) is 0 Å². The van der Waals surface area contributed by atoms with Crippen LogP contribution >= 0.6 is 0 Å². The van der Waals surface area contributed by atoms with E-state index in [9.17, 15) is 24.9 Å². The van der Waals surface area contributed by atoms with Crippen molar-refractivity contribution >= 4 is 11.8 Å². The van der Waals surface area contributed by atoms with E-state index in [1.54, 1.807) is 13.0 Å². The van der Waals surface area contributed by atoms with Crippen LogP contribution in [-0.2, 0) is 14.3 Å². The van der Waals surface area contributed by atoms with E-state index in [-0.39, 0.29) is 35.5 Å². The number of ether oxygens (including phenoxy) is 1. The van der Waals surface area contributed by atoms with Gasteiger partial charge in [-0.05, 0) is 37.2 Å². The van der Waals surface area contributed by atoms with Crippen molar-refractivity contribution in [1.29, 1.82) is 0 Å². The number of aliphatic hydroxyl groups excluding tert-OH is 2. The van der Waals surface area contributed by atoms with Crippen LogP contribution in [0.15, 0.2) is 23.3 Å². The van der Waals surface area contributed by atoms with Crippen LogP contribution in [0.1, 0.15) is 40.5 Å². The molecule has 3 aliphatic carbocycles. The van der Waals surface area contributed by atoms with Crippen LogP contribution in [0.2, 0.25) is 0 Å². The molecule has 3 N–H and O–H groups in total. The third-order valence-electron chi connectivity index (χ3n) is 7.61. The Balaban J connectivity index is 1.89. The topological polar surface area (TPSA) is 104 Å². The number of rotatable bonds is 0. The third kappa shape index (κ3) is 1.87. The number of ketones is 1. The smallest absolute Gasteiger partial charge is 0.334 e. The Bertz CT molecular complexity index is 764. The Morgan fingerprint density at radius 3 is 2.42 bits per heavy atom. The summed E-state index contributed by atoms with van der Waals surface area (Å²) >= 11 is 0. The summed E-state index contributed by atoms with van der Waals surface area (Å²) in [4.78, 5) is 25.0. The van der Waals surface area contributed by atoms with E-state index >= 15 is 0 Å². The first-order chi connectivity index (χ1) is 12.0. The standard InChI is InChI=1S/C20H26O6/c1-9-15-10(26-17(9)24)7-12-19(4)11(18(2,3)6-5-13(19)21)8-14(22)20(12,25)16(15)23/h5-6,10-12,14,16,22-23,25H,7-8H2,1-4H3/t10-,11-,12+,14+,16+,19-,20-/m1/s1. The van der Waals surface area contributed by atoms with Crippen molar-refractivity contribution in [2.45, 2.75) is 64.4 Å². The van der Waals surface area contributed by atoms with Gasteiger partial charge in [-0.2, -0.15) is 0 Å². The van der Waals surface area contributed by atoms with E-state index in [2.05, 4.69) is 0 Å². The summed E-state index contributed by atoms with van der Waals surface area (Å²) in [5, 5.41) is 33.4. The molecule has 0 amide bonds. The van der Waals surface area contributed by atoms with Crippen LogP contribution < -0.4 is 0 Å². The van der Waals surface area contributed by atoms with Crippen LogP contribution in [-0.4, -0.2) is 51.0 Å². The molecule has 0 bridgehead atoms. The van der Waals surface area contributed by atoms with E-state index in [4.69, 9.17) is 4.74 Å². The lowest BCUT2D eigenvalue weighted by atomic mass is 9.43. The lowest BCUT2D eigenvalue weighted by molar-refractivity contribution is -0.254. The molecule has 6 nitrogen and oxygen atoms in total. The molecule has 26 heavy (non-hydrogen) atoms. The summed E-state index contributed by atoms with van der Waals surface area (Å²) in [7, 11) is 0. The minimum atomic E-state index is -1.89. The Labute approximate surface area is 152 Å². The van der Waals surface area contributed by atoms with Crippen LogP contribution in [0.4, 0.5) is 0 Å². The number of fused-ring (bicyclic) bond motifs is 4. The number of hydrogen-bond acceptors (Lipinski definition) is 6. The average Bonchev–Trinajstić information content (AvgIpc) is 2.85. The van der Waals surface area contributed by atoms with Gasteiger partial charge in [-0.3, -0.25) is 4.79 Å². The van der Waals surface area contributed by atoms with Crippen LogP contribution in [0.25, 0.3) is 0 Å². The molecule has 142 valence electrons. The molecule has 0 spiro atoms. The summed E-state index contributed by atoms with van der Waals surface area (Å²) in [6, 6.07) is 0. The molecule has 0 aromatic heterocycles. The molecule has 0 radical (unpaired) electrons. The first-order valence-corrected chi connectivity index (χ1v) is 9.19. The molecule has 2 saturated carbocycles. The summed E-state index contributed by atoms with van der Waals surface area (Å²) in [6.07, 6.45) is 0.540. The predicted octanol–water partition coefficient (Wildman–Crippen LogP) is 0.892. The highest BCUT2D eigenvalue weighted by atomic mass is 16.6. The molecule has 2 fully saturated rings. The number of aliphatic hydroxyl groups is 3. The molecule has 0 aromatic rings. The number of carbonyl (C=O) groups is 2. The largest absolute Gasteiger partial charge is 0.454 e. The van der Waals surface area contributed by atoms with Crippen LogP contribution in [0, 0.1) is 22.7 Å². The van der Waals surface area contributed by atoms with Crippen LogP contribution in [0.3, 0.4) is 0 Å². The second kappa shape index (κ2) is 5.06. The second-order valence-electron chi connectivity index (χ2n) is 9.16. The fourth-order valence-corrected chi connectivity index (χ4v) is 6.08. The summed E-state index contributed by atoms with van der Waals surface area (Å²) in [6.45, 7) is 7.40. The highest BCUT2D eigenvalue weighted by Crippen LogP contribution is 2.63. The number of hydrogen-bond donors (Lipinski definition) is 3. The molecule has 7 atom stereocenters. The molecular formula is C20H26O6. The molecule has 4 rings (SSSR count). The van der Waals surface area contributed by atoms with Crippen molar-refractivity contribution in [3.8, 4) is 0 Å².